The maximum Gasteiger partial charge on any atom is 0.142 e. The Bertz CT molecular complexity index is 808. The number of pyridine rings is 1. The Morgan fingerprint density at radius 1 is 0.923 bits per heavy atom. The van der Waals surface area contributed by atoms with Crippen molar-refractivity contribution in [3.05, 3.63) is 46.9 Å². The predicted molar refractivity (Wildman–Crippen MR) is 103 cm³/mol. The minimum atomic E-state index is -0.317. The Hall–Kier alpha value is -2.41. The highest BCUT2D eigenvalue weighted by atomic mass is 19.1. The zero-order valence-electron chi connectivity index (χ0n) is 15.2. The number of aromatic nitrogens is 1. The molecule has 1 aliphatic rings. The van der Waals surface area contributed by atoms with Crippen molar-refractivity contribution in [2.45, 2.75) is 64.2 Å². The molecule has 1 heterocycles. The molecule has 0 unspecified atom stereocenters. The lowest BCUT2D eigenvalue weighted by Gasteiger charge is -2.19. The van der Waals surface area contributed by atoms with Gasteiger partial charge >= 0.3 is 0 Å². The monoisotopic (exact) mass is 351 g/mol. The number of aryl methyl sites for hydroxylation is 1. The Labute approximate surface area is 155 Å². The smallest absolute Gasteiger partial charge is 0.142 e. The fraction of sp³-hybridized carbons (Fsp3) is 0.455. The van der Waals surface area contributed by atoms with Gasteiger partial charge in [-0.05, 0) is 37.3 Å². The molecule has 3 nitrogen and oxygen atoms in total. The highest BCUT2D eigenvalue weighted by molar-refractivity contribution is 5.79. The topological polar surface area (TPSA) is 62.7 Å². The van der Waals surface area contributed by atoms with E-state index >= 15 is 0 Å². The first-order chi connectivity index (χ1) is 12.7. The molecule has 0 saturated heterocycles. The number of nitrogen functional groups attached to an aromatic ring is 1. The van der Waals surface area contributed by atoms with Crippen molar-refractivity contribution in [2.75, 3.05) is 5.73 Å². The lowest BCUT2D eigenvalue weighted by atomic mass is 9.88. The van der Waals surface area contributed by atoms with E-state index in [1.807, 2.05) is 0 Å². The number of hydrogen-bond acceptors (Lipinski definition) is 3. The van der Waals surface area contributed by atoms with Gasteiger partial charge in [-0.1, -0.05) is 56.7 Å². The van der Waals surface area contributed by atoms with Crippen molar-refractivity contribution in [3.8, 4) is 17.2 Å². The van der Waals surface area contributed by atoms with Crippen molar-refractivity contribution >= 4 is 5.82 Å². The van der Waals surface area contributed by atoms with Crippen LogP contribution in [0.2, 0.25) is 0 Å². The average molecular weight is 351 g/mol. The zero-order valence-corrected chi connectivity index (χ0v) is 15.2. The van der Waals surface area contributed by atoms with E-state index in [1.54, 1.807) is 18.2 Å². The number of halogens is 1. The summed E-state index contributed by atoms with van der Waals surface area (Å²) in [4.78, 5) is 4.56. The molecular formula is C22H26FN3. The molecule has 3 rings (SSSR count). The predicted octanol–water partition coefficient (Wildman–Crippen LogP) is 5.56. The largest absolute Gasteiger partial charge is 0.383 e. The molecular weight excluding hydrogens is 325 g/mol. The number of fused-ring (bicyclic) bond motifs is 1. The Morgan fingerprint density at radius 2 is 1.54 bits per heavy atom. The highest BCUT2D eigenvalue weighted by Gasteiger charge is 2.21. The quantitative estimate of drug-likeness (QED) is 0.731. The van der Waals surface area contributed by atoms with Crippen LogP contribution in [0.3, 0.4) is 0 Å². The van der Waals surface area contributed by atoms with E-state index in [0.29, 0.717) is 16.7 Å². The normalized spacial score (nSPS) is 16.0. The van der Waals surface area contributed by atoms with Gasteiger partial charge in [0.15, 0.2) is 0 Å². The summed E-state index contributed by atoms with van der Waals surface area (Å²) in [7, 11) is 0. The molecule has 0 atom stereocenters. The third-order valence-electron chi connectivity index (χ3n) is 5.26. The van der Waals surface area contributed by atoms with Gasteiger partial charge in [0, 0.05) is 16.8 Å². The maximum absolute atomic E-state index is 14.6. The van der Waals surface area contributed by atoms with Crippen LogP contribution in [0.1, 0.15) is 68.2 Å². The first kappa shape index (κ1) is 18.4. The zero-order chi connectivity index (χ0) is 18.4. The van der Waals surface area contributed by atoms with Gasteiger partial charge in [0.1, 0.15) is 23.3 Å². The van der Waals surface area contributed by atoms with Gasteiger partial charge in [0.2, 0.25) is 0 Å². The van der Waals surface area contributed by atoms with Crippen molar-refractivity contribution in [1.29, 1.82) is 5.26 Å². The molecule has 1 aromatic carbocycles. The second-order valence-electron chi connectivity index (χ2n) is 7.09. The van der Waals surface area contributed by atoms with Crippen molar-refractivity contribution in [1.82, 2.24) is 4.98 Å². The summed E-state index contributed by atoms with van der Waals surface area (Å²) < 4.78 is 14.6. The second kappa shape index (κ2) is 8.80. The van der Waals surface area contributed by atoms with Crippen molar-refractivity contribution < 1.29 is 4.39 Å². The summed E-state index contributed by atoms with van der Waals surface area (Å²) in [6, 6.07) is 8.82. The molecule has 0 spiro atoms. The fourth-order valence-electron chi connectivity index (χ4n) is 3.90. The van der Waals surface area contributed by atoms with Crippen LogP contribution in [0, 0.1) is 17.1 Å². The number of nitriles is 1. The van der Waals surface area contributed by atoms with E-state index in [9.17, 15) is 9.65 Å². The van der Waals surface area contributed by atoms with Crippen LogP contribution in [-0.2, 0) is 12.8 Å². The number of benzene rings is 1. The van der Waals surface area contributed by atoms with Crippen LogP contribution < -0.4 is 5.73 Å². The first-order valence-electron chi connectivity index (χ1n) is 9.68. The highest BCUT2D eigenvalue weighted by Crippen LogP contribution is 2.35. The number of nitrogens with zero attached hydrogens (tertiary/aromatic N) is 2. The van der Waals surface area contributed by atoms with Gasteiger partial charge in [0.05, 0.1) is 0 Å². The summed E-state index contributed by atoms with van der Waals surface area (Å²) >= 11 is 0. The van der Waals surface area contributed by atoms with Gasteiger partial charge in [-0.3, -0.25) is 0 Å². The van der Waals surface area contributed by atoms with Gasteiger partial charge in [0.25, 0.3) is 0 Å². The lowest BCUT2D eigenvalue weighted by Crippen LogP contribution is -2.09. The standard InChI is InChI=1S/C22H26FN3/c23-19-13-10-9-11-16(19)21-17-12-7-5-3-1-2-4-6-8-14-20(17)26-22(25)18(21)15-24/h9-11,13H,1-8,12,14H2,(H2,25,26). The van der Waals surface area contributed by atoms with Gasteiger partial charge < -0.3 is 5.73 Å². The molecule has 0 amide bonds. The minimum Gasteiger partial charge on any atom is -0.383 e. The molecule has 0 aliphatic heterocycles. The lowest BCUT2D eigenvalue weighted by molar-refractivity contribution is 0.557. The van der Waals surface area contributed by atoms with E-state index in [2.05, 4.69) is 11.1 Å². The van der Waals surface area contributed by atoms with E-state index in [-0.39, 0.29) is 11.6 Å². The first-order valence-corrected chi connectivity index (χ1v) is 9.68. The number of rotatable bonds is 1. The Kier molecular flexibility index (Phi) is 6.22. The molecule has 0 radical (unpaired) electrons. The molecule has 0 bridgehead atoms. The Balaban J connectivity index is 2.14. The molecule has 1 aliphatic carbocycles. The summed E-state index contributed by atoms with van der Waals surface area (Å²) in [5.74, 6) is -0.0977. The summed E-state index contributed by atoms with van der Waals surface area (Å²) in [5, 5.41) is 9.67. The Morgan fingerprint density at radius 3 is 2.19 bits per heavy atom. The molecule has 2 N–H and O–H groups in total. The van der Waals surface area contributed by atoms with Crippen LogP contribution in [-0.4, -0.2) is 4.98 Å². The minimum absolute atomic E-state index is 0.219. The molecule has 0 saturated carbocycles. The summed E-state index contributed by atoms with van der Waals surface area (Å²) in [5.41, 5.74) is 9.49. The van der Waals surface area contributed by atoms with Crippen LogP contribution in [0.25, 0.3) is 11.1 Å². The van der Waals surface area contributed by atoms with Crippen LogP contribution in [0.4, 0.5) is 10.2 Å². The van der Waals surface area contributed by atoms with Crippen molar-refractivity contribution in [3.63, 3.8) is 0 Å². The molecule has 4 heteroatoms. The third-order valence-corrected chi connectivity index (χ3v) is 5.26. The third kappa shape index (κ3) is 4.04. The molecule has 26 heavy (non-hydrogen) atoms. The fourth-order valence-corrected chi connectivity index (χ4v) is 3.90. The van der Waals surface area contributed by atoms with E-state index in [1.165, 1.54) is 38.2 Å². The van der Waals surface area contributed by atoms with Gasteiger partial charge in [-0.25, -0.2) is 9.37 Å². The van der Waals surface area contributed by atoms with E-state index in [4.69, 9.17) is 5.73 Å². The SMILES string of the molecule is N#Cc1c(N)nc2c(c1-c1ccccc1F)CCCCCCCCCC2. The van der Waals surface area contributed by atoms with E-state index in [0.717, 1.165) is 43.4 Å². The maximum atomic E-state index is 14.6. The van der Waals surface area contributed by atoms with Crippen LogP contribution in [0.15, 0.2) is 24.3 Å². The van der Waals surface area contributed by atoms with Gasteiger partial charge in [-0.2, -0.15) is 5.26 Å². The van der Waals surface area contributed by atoms with Crippen LogP contribution in [0.5, 0.6) is 0 Å². The molecule has 2 aromatic rings. The summed E-state index contributed by atoms with van der Waals surface area (Å²) in [6.07, 6.45) is 11.2. The van der Waals surface area contributed by atoms with Crippen molar-refractivity contribution in [2.24, 2.45) is 0 Å². The number of anilines is 1. The average Bonchev–Trinajstić information content (AvgIpc) is 2.63. The number of nitrogens with two attached hydrogens (primary N) is 1. The summed E-state index contributed by atoms with van der Waals surface area (Å²) in [6.45, 7) is 0. The second-order valence-corrected chi connectivity index (χ2v) is 7.09. The van der Waals surface area contributed by atoms with Gasteiger partial charge in [-0.15, -0.1) is 0 Å². The number of hydrogen-bond donors (Lipinski definition) is 1. The molecule has 1 aromatic heterocycles. The molecule has 0 fully saturated rings. The van der Waals surface area contributed by atoms with E-state index < -0.39 is 0 Å². The molecule has 136 valence electrons. The van der Waals surface area contributed by atoms with Crippen LogP contribution >= 0.6 is 0 Å².